The molecule has 0 aromatic carbocycles. The van der Waals surface area contributed by atoms with E-state index in [1.807, 2.05) is 13.8 Å². The molecule has 0 atom stereocenters. The molecule has 2 heterocycles. The third-order valence-corrected chi connectivity index (χ3v) is 4.92. The van der Waals surface area contributed by atoms with E-state index in [1.54, 1.807) is 23.6 Å². The summed E-state index contributed by atoms with van der Waals surface area (Å²) in [6, 6.07) is 3.46. The first kappa shape index (κ1) is 18.1. The van der Waals surface area contributed by atoms with Crippen LogP contribution in [0.25, 0.3) is 0 Å². The van der Waals surface area contributed by atoms with Crippen molar-refractivity contribution in [3.05, 3.63) is 49.3 Å². The predicted octanol–water partition coefficient (Wildman–Crippen LogP) is 2.14. The summed E-state index contributed by atoms with van der Waals surface area (Å²) < 4.78 is 1.63. The summed E-state index contributed by atoms with van der Waals surface area (Å²) in [6.07, 6.45) is 0.238. The van der Waals surface area contributed by atoms with Crippen LogP contribution in [0.2, 0.25) is 0 Å². The van der Waals surface area contributed by atoms with E-state index >= 15 is 0 Å². The second-order valence-corrected chi connectivity index (χ2v) is 6.85. The van der Waals surface area contributed by atoms with E-state index in [0.717, 1.165) is 10.6 Å². The van der Waals surface area contributed by atoms with E-state index in [4.69, 9.17) is 0 Å². The van der Waals surface area contributed by atoms with Gasteiger partial charge in [0, 0.05) is 34.8 Å². The molecule has 1 N–H and O–H groups in total. The molecule has 0 saturated carbocycles. The smallest absolute Gasteiger partial charge is 0.307 e. The molecular weight excluding hydrogens is 326 g/mol. The average Bonchev–Trinajstić information content (AvgIpc) is 2.75. The second kappa shape index (κ2) is 7.53. The van der Waals surface area contributed by atoms with Crippen molar-refractivity contribution in [2.45, 2.75) is 47.2 Å². The molecule has 1 amide bonds. The van der Waals surface area contributed by atoms with E-state index in [0.29, 0.717) is 30.0 Å². The Kier molecular flexibility index (Phi) is 5.66. The maximum atomic E-state index is 12.0. The van der Waals surface area contributed by atoms with Crippen LogP contribution in [-0.2, 0) is 17.9 Å². The highest BCUT2D eigenvalue weighted by Gasteiger charge is 2.10. The van der Waals surface area contributed by atoms with Crippen LogP contribution >= 0.6 is 11.3 Å². The number of ketones is 1. The highest BCUT2D eigenvalue weighted by Crippen LogP contribution is 2.10. The van der Waals surface area contributed by atoms with Crippen molar-refractivity contribution in [2.75, 3.05) is 0 Å². The fourth-order valence-corrected chi connectivity index (χ4v) is 3.28. The van der Waals surface area contributed by atoms with Gasteiger partial charge < -0.3 is 9.88 Å². The lowest BCUT2D eigenvalue weighted by atomic mass is 10.1. The number of nitrogens with one attached hydrogen (secondary N) is 1. The van der Waals surface area contributed by atoms with Gasteiger partial charge in [0.2, 0.25) is 5.91 Å². The topological polar surface area (TPSA) is 81.1 Å². The van der Waals surface area contributed by atoms with Gasteiger partial charge in [0.1, 0.15) is 0 Å². The summed E-state index contributed by atoms with van der Waals surface area (Å²) >= 11 is 1.20. The quantitative estimate of drug-likeness (QED) is 0.812. The Morgan fingerprint density at radius 2 is 1.96 bits per heavy atom. The Bertz CT molecular complexity index is 836. The first-order chi connectivity index (χ1) is 11.3. The monoisotopic (exact) mass is 347 g/mol. The number of amides is 1. The lowest BCUT2D eigenvalue weighted by Gasteiger charge is -2.08. The Hall–Kier alpha value is -2.28. The molecule has 24 heavy (non-hydrogen) atoms. The van der Waals surface area contributed by atoms with Crippen LogP contribution in [-0.4, -0.2) is 21.2 Å². The van der Waals surface area contributed by atoms with Crippen molar-refractivity contribution in [3.63, 3.8) is 0 Å². The minimum absolute atomic E-state index is 0.0255. The van der Waals surface area contributed by atoms with Crippen LogP contribution in [0.3, 0.4) is 0 Å². The maximum absolute atomic E-state index is 12.0. The van der Waals surface area contributed by atoms with E-state index < -0.39 is 0 Å². The number of hydrogen-bond acceptors (Lipinski definition) is 5. The summed E-state index contributed by atoms with van der Waals surface area (Å²) in [7, 11) is 0. The molecule has 6 nitrogen and oxygen atoms in total. The minimum Gasteiger partial charge on any atom is -0.350 e. The van der Waals surface area contributed by atoms with Gasteiger partial charge in [-0.15, -0.1) is 0 Å². The lowest BCUT2D eigenvalue weighted by Crippen LogP contribution is -2.26. The number of thiazole rings is 1. The molecule has 0 fully saturated rings. The van der Waals surface area contributed by atoms with Crippen LogP contribution in [0.15, 0.2) is 16.9 Å². The number of nitrogens with zero attached hydrogens (tertiary/aromatic N) is 2. The number of aryl methyl sites for hydroxylation is 2. The summed E-state index contributed by atoms with van der Waals surface area (Å²) in [5.41, 5.74) is 2.86. The van der Waals surface area contributed by atoms with Crippen LogP contribution in [0, 0.1) is 20.8 Å². The first-order valence-corrected chi connectivity index (χ1v) is 8.52. The van der Waals surface area contributed by atoms with Gasteiger partial charge in [0.25, 0.3) is 0 Å². The van der Waals surface area contributed by atoms with Crippen molar-refractivity contribution < 1.29 is 9.59 Å². The van der Waals surface area contributed by atoms with Crippen molar-refractivity contribution >= 4 is 23.0 Å². The van der Waals surface area contributed by atoms with Crippen molar-refractivity contribution in [1.29, 1.82) is 0 Å². The van der Waals surface area contributed by atoms with Gasteiger partial charge in [0.05, 0.1) is 12.2 Å². The van der Waals surface area contributed by atoms with E-state index in [-0.39, 0.29) is 23.0 Å². The Labute approximate surface area is 144 Å². The van der Waals surface area contributed by atoms with Gasteiger partial charge in [-0.25, -0.2) is 0 Å². The fourth-order valence-electron chi connectivity index (χ4n) is 2.42. The Balaban J connectivity index is 1.90. The van der Waals surface area contributed by atoms with E-state index in [2.05, 4.69) is 10.3 Å². The van der Waals surface area contributed by atoms with Crippen LogP contribution in [0.4, 0.5) is 0 Å². The molecule has 2 aromatic heterocycles. The molecule has 0 spiro atoms. The van der Waals surface area contributed by atoms with Gasteiger partial charge in [0.15, 0.2) is 5.78 Å². The molecule has 0 unspecified atom stereocenters. The van der Waals surface area contributed by atoms with Crippen molar-refractivity contribution in [1.82, 2.24) is 14.9 Å². The molecular formula is C17H21N3O3S. The second-order valence-electron chi connectivity index (χ2n) is 5.68. The number of hydrogen-bond donors (Lipinski definition) is 1. The highest BCUT2D eigenvalue weighted by atomic mass is 32.1. The van der Waals surface area contributed by atoms with Gasteiger partial charge in [-0.2, -0.15) is 0 Å². The zero-order valence-corrected chi connectivity index (χ0v) is 15.1. The first-order valence-electron chi connectivity index (χ1n) is 7.70. The summed E-state index contributed by atoms with van der Waals surface area (Å²) in [4.78, 5) is 40.4. The number of aromatic nitrogens is 2. The van der Waals surface area contributed by atoms with Gasteiger partial charge in [-0.3, -0.25) is 19.4 Å². The number of carbonyl (C=O) groups is 2. The van der Waals surface area contributed by atoms with Gasteiger partial charge in [-0.1, -0.05) is 11.3 Å². The summed E-state index contributed by atoms with van der Waals surface area (Å²) in [6.45, 7) is 7.73. The van der Waals surface area contributed by atoms with Crippen molar-refractivity contribution in [3.8, 4) is 0 Å². The maximum Gasteiger partial charge on any atom is 0.307 e. The van der Waals surface area contributed by atoms with Crippen LogP contribution in [0.5, 0.6) is 0 Å². The van der Waals surface area contributed by atoms with Crippen LogP contribution in [0.1, 0.15) is 45.7 Å². The van der Waals surface area contributed by atoms with Crippen LogP contribution < -0.4 is 10.2 Å². The SMILES string of the molecule is CC(=O)c1ccc(CNC(=O)CCn2c(C)c(C)sc2=O)nc1C. The molecule has 2 rings (SSSR count). The molecule has 0 aliphatic rings. The summed E-state index contributed by atoms with van der Waals surface area (Å²) in [5.74, 6) is -0.164. The third kappa shape index (κ3) is 4.17. The minimum atomic E-state index is -0.139. The molecule has 0 aliphatic carbocycles. The number of Topliss-reactive ketones (excluding diaryl/α,β-unsaturated/α-hetero) is 1. The molecule has 0 radical (unpaired) electrons. The van der Waals surface area contributed by atoms with Crippen molar-refractivity contribution in [2.24, 2.45) is 0 Å². The molecule has 128 valence electrons. The fraction of sp³-hybridized carbons (Fsp3) is 0.412. The lowest BCUT2D eigenvalue weighted by molar-refractivity contribution is -0.121. The highest BCUT2D eigenvalue weighted by molar-refractivity contribution is 7.09. The van der Waals surface area contributed by atoms with Gasteiger partial charge in [-0.05, 0) is 39.8 Å². The number of pyridine rings is 1. The van der Waals surface area contributed by atoms with E-state index in [9.17, 15) is 14.4 Å². The molecule has 0 saturated heterocycles. The predicted molar refractivity (Wildman–Crippen MR) is 93.5 cm³/mol. The average molecular weight is 347 g/mol. The third-order valence-electron chi connectivity index (χ3n) is 3.93. The molecule has 0 aliphatic heterocycles. The Morgan fingerprint density at radius 1 is 1.25 bits per heavy atom. The standard InChI is InChI=1S/C17H21N3O3S/c1-10-15(12(3)21)6-5-14(19-10)9-18-16(22)7-8-20-11(2)13(4)24-17(20)23/h5-6H,7-9H2,1-4H3,(H,18,22). The molecule has 2 aromatic rings. The normalized spacial score (nSPS) is 10.7. The Morgan fingerprint density at radius 3 is 2.50 bits per heavy atom. The van der Waals surface area contributed by atoms with Gasteiger partial charge >= 0.3 is 4.87 Å². The molecule has 0 bridgehead atoms. The number of carbonyl (C=O) groups excluding carboxylic acids is 2. The number of rotatable bonds is 6. The van der Waals surface area contributed by atoms with E-state index in [1.165, 1.54) is 18.3 Å². The zero-order valence-electron chi connectivity index (χ0n) is 14.3. The molecule has 7 heteroatoms. The summed E-state index contributed by atoms with van der Waals surface area (Å²) in [5, 5.41) is 2.79. The largest absolute Gasteiger partial charge is 0.350 e. The zero-order chi connectivity index (χ0) is 17.9.